The van der Waals surface area contributed by atoms with Gasteiger partial charge in [0.05, 0.1) is 11.8 Å². The van der Waals surface area contributed by atoms with E-state index in [9.17, 15) is 4.79 Å². The number of oxazole rings is 1. The molecule has 2 N–H and O–H groups in total. The Morgan fingerprint density at radius 3 is 2.96 bits per heavy atom. The maximum absolute atomic E-state index is 12.9. The van der Waals surface area contributed by atoms with Gasteiger partial charge in [-0.3, -0.25) is 9.48 Å². The van der Waals surface area contributed by atoms with Crippen LogP contribution < -0.4 is 5.73 Å². The smallest absolute Gasteiger partial charge is 0.276 e. The predicted molar refractivity (Wildman–Crippen MR) is 85.7 cm³/mol. The molecule has 124 valence electrons. The minimum Gasteiger partial charge on any atom is -0.440 e. The van der Waals surface area contributed by atoms with Crippen molar-refractivity contribution in [3.8, 4) is 11.5 Å². The molecule has 0 saturated carbocycles. The molecule has 1 aliphatic heterocycles. The van der Waals surface area contributed by atoms with Crippen molar-refractivity contribution in [2.45, 2.75) is 32.7 Å². The lowest BCUT2D eigenvalue weighted by molar-refractivity contribution is 0.0525. The Bertz CT molecular complexity index is 705. The molecule has 7 nitrogen and oxygen atoms in total. The molecule has 0 radical (unpaired) electrons. The number of carbonyl (C=O) groups is 1. The van der Waals surface area contributed by atoms with Crippen molar-refractivity contribution in [2.24, 2.45) is 18.7 Å². The van der Waals surface area contributed by atoms with E-state index in [0.29, 0.717) is 29.8 Å². The molecule has 0 aromatic carbocycles. The van der Waals surface area contributed by atoms with Crippen LogP contribution in [0.2, 0.25) is 0 Å². The molecule has 0 aliphatic carbocycles. The molecular formula is C16H23N5O2. The average molecular weight is 317 g/mol. The van der Waals surface area contributed by atoms with E-state index in [4.69, 9.17) is 10.2 Å². The zero-order chi connectivity index (χ0) is 16.6. The van der Waals surface area contributed by atoms with Crippen LogP contribution in [0.5, 0.6) is 0 Å². The van der Waals surface area contributed by atoms with Crippen molar-refractivity contribution in [3.05, 3.63) is 23.8 Å². The van der Waals surface area contributed by atoms with E-state index < -0.39 is 0 Å². The lowest BCUT2D eigenvalue weighted by atomic mass is 9.90. The largest absolute Gasteiger partial charge is 0.440 e. The molecule has 2 aromatic heterocycles. The van der Waals surface area contributed by atoms with Crippen LogP contribution in [0.15, 0.2) is 16.8 Å². The molecule has 1 saturated heterocycles. The highest BCUT2D eigenvalue weighted by Crippen LogP contribution is 2.27. The number of nitrogens with zero attached hydrogens (tertiary/aromatic N) is 4. The van der Waals surface area contributed by atoms with Crippen molar-refractivity contribution in [1.29, 1.82) is 0 Å². The summed E-state index contributed by atoms with van der Waals surface area (Å²) in [7, 11) is 1.83. The first kappa shape index (κ1) is 15.7. The maximum atomic E-state index is 12.9. The van der Waals surface area contributed by atoms with Gasteiger partial charge >= 0.3 is 0 Å². The maximum Gasteiger partial charge on any atom is 0.276 e. The Balaban J connectivity index is 1.89. The third-order valence-electron chi connectivity index (χ3n) is 4.57. The molecule has 7 heteroatoms. The Morgan fingerprint density at radius 2 is 2.30 bits per heavy atom. The quantitative estimate of drug-likeness (QED) is 0.928. The topological polar surface area (TPSA) is 90.2 Å². The molecule has 23 heavy (non-hydrogen) atoms. The predicted octanol–water partition coefficient (Wildman–Crippen LogP) is 1.58. The Labute approximate surface area is 135 Å². The normalized spacial score (nSPS) is 21.7. The van der Waals surface area contributed by atoms with Crippen LogP contribution in [0, 0.1) is 12.8 Å². The van der Waals surface area contributed by atoms with Gasteiger partial charge in [0.1, 0.15) is 5.76 Å². The number of rotatable bonds is 3. The van der Waals surface area contributed by atoms with Gasteiger partial charge in [-0.1, -0.05) is 6.92 Å². The number of likely N-dealkylation sites (tertiary alicyclic amines) is 1. The van der Waals surface area contributed by atoms with Crippen molar-refractivity contribution in [3.63, 3.8) is 0 Å². The van der Waals surface area contributed by atoms with Crippen molar-refractivity contribution >= 4 is 5.91 Å². The van der Waals surface area contributed by atoms with Crippen molar-refractivity contribution < 1.29 is 9.21 Å². The zero-order valence-electron chi connectivity index (χ0n) is 13.8. The molecule has 2 atom stereocenters. The molecule has 3 rings (SSSR count). The fraction of sp³-hybridized carbons (Fsp3) is 0.562. The van der Waals surface area contributed by atoms with Crippen LogP contribution in [-0.2, 0) is 7.05 Å². The monoisotopic (exact) mass is 317 g/mol. The van der Waals surface area contributed by atoms with Crippen LogP contribution in [0.25, 0.3) is 11.5 Å². The second-order valence-electron chi connectivity index (χ2n) is 6.25. The molecule has 1 fully saturated rings. The Morgan fingerprint density at radius 1 is 1.52 bits per heavy atom. The standard InChI is InChI=1S/C16H23N5O2/c1-10-5-4-6-21(13(10)7-17)16(22)14-11(2)23-15(19-14)12-8-18-20(3)9-12/h8-10,13H,4-7,17H2,1-3H3/t10-,13+/m1/s1. The Kier molecular flexibility index (Phi) is 4.21. The van der Waals surface area contributed by atoms with Crippen molar-refractivity contribution in [2.75, 3.05) is 13.1 Å². The first-order valence-corrected chi connectivity index (χ1v) is 7.98. The highest BCUT2D eigenvalue weighted by atomic mass is 16.4. The molecule has 1 amide bonds. The SMILES string of the molecule is Cc1oc(-c2cnn(C)c2)nc1C(=O)N1CCC[C@@H](C)[C@@H]1CN. The van der Waals surface area contributed by atoms with E-state index in [2.05, 4.69) is 17.0 Å². The number of aryl methyl sites for hydroxylation is 2. The minimum atomic E-state index is -0.0941. The van der Waals surface area contributed by atoms with Crippen LogP contribution in [-0.4, -0.2) is 44.7 Å². The molecule has 2 aromatic rings. The fourth-order valence-corrected chi connectivity index (χ4v) is 3.25. The molecular weight excluding hydrogens is 294 g/mol. The van der Waals surface area contributed by atoms with E-state index in [0.717, 1.165) is 24.9 Å². The Hall–Kier alpha value is -2.15. The summed E-state index contributed by atoms with van der Waals surface area (Å²) < 4.78 is 7.35. The second-order valence-corrected chi connectivity index (χ2v) is 6.25. The van der Waals surface area contributed by atoms with E-state index in [1.165, 1.54) is 0 Å². The average Bonchev–Trinajstić information content (AvgIpc) is 3.12. The number of hydrogen-bond acceptors (Lipinski definition) is 5. The van der Waals surface area contributed by atoms with E-state index in [-0.39, 0.29) is 11.9 Å². The number of hydrogen-bond donors (Lipinski definition) is 1. The lowest BCUT2D eigenvalue weighted by Gasteiger charge is -2.39. The molecule has 0 spiro atoms. The van der Waals surface area contributed by atoms with Gasteiger partial charge < -0.3 is 15.1 Å². The first-order chi connectivity index (χ1) is 11.0. The summed E-state index contributed by atoms with van der Waals surface area (Å²) >= 11 is 0. The second kappa shape index (κ2) is 6.16. The third kappa shape index (κ3) is 2.88. The van der Waals surface area contributed by atoms with E-state index in [1.54, 1.807) is 17.8 Å². The van der Waals surface area contributed by atoms with Gasteiger partial charge in [0, 0.05) is 32.4 Å². The zero-order valence-corrected chi connectivity index (χ0v) is 13.8. The van der Waals surface area contributed by atoms with Gasteiger partial charge in [0.2, 0.25) is 5.89 Å². The number of nitrogens with two attached hydrogens (primary N) is 1. The lowest BCUT2D eigenvalue weighted by Crippen LogP contribution is -2.51. The van der Waals surface area contributed by atoms with Crippen LogP contribution in [0.4, 0.5) is 0 Å². The molecule has 3 heterocycles. The first-order valence-electron chi connectivity index (χ1n) is 7.98. The summed E-state index contributed by atoms with van der Waals surface area (Å²) in [5, 5.41) is 4.11. The minimum absolute atomic E-state index is 0.0641. The number of amides is 1. The summed E-state index contributed by atoms with van der Waals surface area (Å²) in [6.45, 7) is 5.11. The van der Waals surface area contributed by atoms with Gasteiger partial charge in [-0.25, -0.2) is 4.98 Å². The van der Waals surface area contributed by atoms with Crippen LogP contribution in [0.3, 0.4) is 0 Å². The van der Waals surface area contributed by atoms with Crippen LogP contribution in [0.1, 0.15) is 36.0 Å². The molecule has 0 bridgehead atoms. The van der Waals surface area contributed by atoms with Gasteiger partial charge in [-0.2, -0.15) is 5.10 Å². The fourth-order valence-electron chi connectivity index (χ4n) is 3.25. The highest BCUT2D eigenvalue weighted by molar-refractivity contribution is 5.94. The van der Waals surface area contributed by atoms with Gasteiger partial charge in [-0.15, -0.1) is 0 Å². The summed E-state index contributed by atoms with van der Waals surface area (Å²) in [5.41, 5.74) is 7.02. The number of piperidine rings is 1. The van der Waals surface area contributed by atoms with Gasteiger partial charge in [-0.05, 0) is 25.7 Å². The van der Waals surface area contributed by atoms with Crippen LogP contribution >= 0.6 is 0 Å². The number of carbonyl (C=O) groups excluding carboxylic acids is 1. The third-order valence-corrected chi connectivity index (χ3v) is 4.57. The summed E-state index contributed by atoms with van der Waals surface area (Å²) in [4.78, 5) is 19.2. The summed E-state index contributed by atoms with van der Waals surface area (Å²) in [6, 6.07) is 0.0641. The molecule has 1 aliphatic rings. The van der Waals surface area contributed by atoms with E-state index in [1.807, 2.05) is 18.1 Å². The molecule has 0 unspecified atom stereocenters. The van der Waals surface area contributed by atoms with Gasteiger partial charge in [0.25, 0.3) is 5.91 Å². The van der Waals surface area contributed by atoms with E-state index >= 15 is 0 Å². The summed E-state index contributed by atoms with van der Waals surface area (Å²) in [5.74, 6) is 1.27. The highest BCUT2D eigenvalue weighted by Gasteiger charge is 2.33. The van der Waals surface area contributed by atoms with Crippen molar-refractivity contribution in [1.82, 2.24) is 19.7 Å². The summed E-state index contributed by atoms with van der Waals surface area (Å²) in [6.07, 6.45) is 5.58. The van der Waals surface area contributed by atoms with Gasteiger partial charge in [0.15, 0.2) is 5.69 Å². The number of aromatic nitrogens is 3.